The summed E-state index contributed by atoms with van der Waals surface area (Å²) in [5.41, 5.74) is 6.23. The quantitative estimate of drug-likeness (QED) is 0.0412. The monoisotopic (exact) mass is 1170 g/mol. The third-order valence-electron chi connectivity index (χ3n) is 14.7. The summed E-state index contributed by atoms with van der Waals surface area (Å²) >= 11 is 0. The van der Waals surface area contributed by atoms with Crippen molar-refractivity contribution in [2.24, 2.45) is 5.73 Å². The van der Waals surface area contributed by atoms with Gasteiger partial charge in [-0.25, -0.2) is 19.0 Å². The Labute approximate surface area is 486 Å². The Kier molecular flexibility index (Phi) is 18.7. The maximum absolute atomic E-state index is 15.8. The number of nitrogens with two attached hydrogens (primary N) is 1. The summed E-state index contributed by atoms with van der Waals surface area (Å²) in [4.78, 5) is 152. The fraction of sp³-hybridized carbons (Fsp3) is 0.390. The number of halogens is 1. The second-order valence-corrected chi connectivity index (χ2v) is 21.8. The number of rotatable bonds is 22. The van der Waals surface area contributed by atoms with Crippen molar-refractivity contribution in [3.63, 3.8) is 0 Å². The van der Waals surface area contributed by atoms with Crippen LogP contribution in [0.4, 0.5) is 9.18 Å². The number of primary amides is 1. The number of nitrogens with one attached hydrogen (secondary N) is 7. The number of amides is 9. The zero-order valence-corrected chi connectivity index (χ0v) is 47.4. The molecule has 8 rings (SSSR count). The lowest BCUT2D eigenvalue weighted by Gasteiger charge is -2.38. The van der Waals surface area contributed by atoms with Crippen LogP contribution in [-0.2, 0) is 90.6 Å². The highest BCUT2D eigenvalue weighted by atomic mass is 19.1. The molecular weight excluding hydrogens is 1110 g/mol. The molecule has 2 aliphatic heterocycles. The van der Waals surface area contributed by atoms with Crippen molar-refractivity contribution in [1.82, 2.24) is 51.7 Å². The lowest BCUT2D eigenvalue weighted by atomic mass is 9.80. The lowest BCUT2D eigenvalue weighted by molar-refractivity contribution is -0.172. The summed E-state index contributed by atoms with van der Waals surface area (Å²) < 4.78 is 27.5. The highest BCUT2D eigenvalue weighted by Crippen LogP contribution is 2.48. The van der Waals surface area contributed by atoms with E-state index in [1.165, 1.54) is 21.6 Å². The molecule has 0 saturated heterocycles. The van der Waals surface area contributed by atoms with Gasteiger partial charge in [-0.05, 0) is 80.8 Å². The second kappa shape index (κ2) is 25.9. The molecule has 85 heavy (non-hydrogen) atoms. The summed E-state index contributed by atoms with van der Waals surface area (Å²) in [7, 11) is 0. The van der Waals surface area contributed by atoms with Crippen LogP contribution >= 0.6 is 0 Å². The first-order chi connectivity index (χ1) is 40.3. The number of benzene rings is 3. The van der Waals surface area contributed by atoms with Gasteiger partial charge in [-0.3, -0.25) is 43.2 Å². The number of aryl methyl sites for hydroxylation is 1. The van der Waals surface area contributed by atoms with Crippen molar-refractivity contribution < 1.29 is 66.9 Å². The van der Waals surface area contributed by atoms with Gasteiger partial charge in [0.1, 0.15) is 36.7 Å². The molecule has 3 aliphatic rings. The van der Waals surface area contributed by atoms with Gasteiger partial charge in [0.2, 0.25) is 47.3 Å². The highest BCUT2D eigenvalue weighted by Gasteiger charge is 2.47. The normalized spacial score (nSPS) is 16.2. The number of ether oxygens (including phenoxy) is 2. The van der Waals surface area contributed by atoms with Gasteiger partial charge < -0.3 is 67.0 Å². The Bertz CT molecular complexity index is 3570. The predicted octanol–water partition coefficient (Wildman–Crippen LogP) is 0.273. The SMILES string of the molecule is CC[C@@]1(O)C(=O)OCc2c1cc1n(c2=O)Cc2c-1nc1cc(F)c(C)c3c1c2[C@@H](N(CC(N)=O)C(=O)[C@H](Cc1ccccc1)NC(=O)CNC(=O)CNC(=O)CNC(=O)[C@H](Cc1ccccc1)NC(=O)CNC(=O)CNC(=O)OC(C)(C)C)CC3. The molecule has 26 heteroatoms. The third kappa shape index (κ3) is 14.3. The number of cyclic esters (lactones) is 1. The first-order valence-electron chi connectivity index (χ1n) is 27.5. The van der Waals surface area contributed by atoms with Crippen LogP contribution in [0, 0.1) is 12.7 Å². The zero-order chi connectivity index (χ0) is 61.5. The highest BCUT2D eigenvalue weighted by molar-refractivity contribution is 5.97. The number of aromatic nitrogens is 2. The van der Waals surface area contributed by atoms with Crippen LogP contribution in [0.1, 0.15) is 91.1 Å². The molecule has 5 aromatic rings. The van der Waals surface area contributed by atoms with E-state index < -0.39 is 146 Å². The summed E-state index contributed by atoms with van der Waals surface area (Å²) in [6.07, 6.45) is -0.732. The molecule has 0 unspecified atom stereocenters. The van der Waals surface area contributed by atoms with E-state index in [0.29, 0.717) is 38.8 Å². The van der Waals surface area contributed by atoms with E-state index in [1.807, 2.05) is 0 Å². The number of hydrogen-bond acceptors (Lipinski definition) is 15. The van der Waals surface area contributed by atoms with Crippen LogP contribution in [0.15, 0.2) is 77.6 Å². The molecule has 9 amide bonds. The number of fused-ring (bicyclic) bond motifs is 5. The largest absolute Gasteiger partial charge is 0.458 e. The van der Waals surface area contributed by atoms with Gasteiger partial charge in [-0.15, -0.1) is 0 Å². The first kappa shape index (κ1) is 61.5. The fourth-order valence-electron chi connectivity index (χ4n) is 10.6. The van der Waals surface area contributed by atoms with Crippen molar-refractivity contribution in [3.05, 3.63) is 133 Å². The molecular formula is C59H66FN11O14. The van der Waals surface area contributed by atoms with Crippen molar-refractivity contribution in [2.45, 2.75) is 109 Å². The van der Waals surface area contributed by atoms with Gasteiger partial charge in [0.05, 0.1) is 67.8 Å². The number of pyridine rings is 2. The summed E-state index contributed by atoms with van der Waals surface area (Å²) in [6, 6.07) is 16.4. The third-order valence-corrected chi connectivity index (χ3v) is 14.7. The minimum absolute atomic E-state index is 0.0124. The maximum Gasteiger partial charge on any atom is 0.408 e. The van der Waals surface area contributed by atoms with Crippen LogP contribution in [0.5, 0.6) is 0 Å². The van der Waals surface area contributed by atoms with E-state index >= 15 is 9.18 Å². The predicted molar refractivity (Wildman–Crippen MR) is 302 cm³/mol. The molecule has 0 bridgehead atoms. The van der Waals surface area contributed by atoms with Gasteiger partial charge in [0.15, 0.2) is 5.60 Å². The van der Waals surface area contributed by atoms with Crippen LogP contribution in [0.3, 0.4) is 0 Å². The number of esters is 1. The van der Waals surface area contributed by atoms with Crippen LogP contribution in [0.2, 0.25) is 0 Å². The Balaban J connectivity index is 0.937. The number of alkyl carbamates (subject to hydrolysis) is 1. The summed E-state index contributed by atoms with van der Waals surface area (Å²) in [5.74, 6) is -7.89. The van der Waals surface area contributed by atoms with E-state index in [1.54, 1.807) is 95.3 Å². The number of aliphatic hydroxyl groups is 1. The number of hydrogen-bond donors (Lipinski definition) is 9. The van der Waals surface area contributed by atoms with E-state index in [0.717, 1.165) is 0 Å². The fourth-order valence-corrected chi connectivity index (χ4v) is 10.6. The smallest absolute Gasteiger partial charge is 0.408 e. The first-order valence-corrected chi connectivity index (χ1v) is 27.5. The lowest BCUT2D eigenvalue weighted by Crippen LogP contribution is -2.54. The van der Waals surface area contributed by atoms with E-state index in [9.17, 15) is 53.1 Å². The maximum atomic E-state index is 15.8. The summed E-state index contributed by atoms with van der Waals surface area (Å²) in [5, 5.41) is 29.0. The van der Waals surface area contributed by atoms with E-state index in [2.05, 4.69) is 37.2 Å². The average molecular weight is 1170 g/mol. The molecule has 0 spiro atoms. The molecule has 1 aliphatic carbocycles. The van der Waals surface area contributed by atoms with Gasteiger partial charge >= 0.3 is 12.1 Å². The Morgan fingerprint density at radius 3 is 1.92 bits per heavy atom. The minimum Gasteiger partial charge on any atom is -0.458 e. The molecule has 0 fully saturated rings. The van der Waals surface area contributed by atoms with Gasteiger partial charge in [0.25, 0.3) is 5.56 Å². The molecule has 4 atom stereocenters. The number of nitrogens with zero attached hydrogens (tertiary/aromatic N) is 3. The molecule has 2 aromatic heterocycles. The van der Waals surface area contributed by atoms with Gasteiger partial charge in [-0.1, -0.05) is 67.6 Å². The number of carbonyl (C=O) groups is 10. The van der Waals surface area contributed by atoms with Crippen molar-refractivity contribution in [1.29, 1.82) is 0 Å². The van der Waals surface area contributed by atoms with Crippen molar-refractivity contribution >= 4 is 70.2 Å². The topological polar surface area (TPSA) is 358 Å². The van der Waals surface area contributed by atoms with E-state index in [-0.39, 0.29) is 66.7 Å². The molecule has 25 nitrogen and oxygen atoms in total. The molecule has 0 radical (unpaired) electrons. The van der Waals surface area contributed by atoms with Crippen LogP contribution in [-0.4, -0.2) is 136 Å². The van der Waals surface area contributed by atoms with Gasteiger partial charge in [0, 0.05) is 35.4 Å². The van der Waals surface area contributed by atoms with E-state index in [4.69, 9.17) is 20.2 Å². The van der Waals surface area contributed by atoms with Gasteiger partial charge in [-0.2, -0.15) is 0 Å². The standard InChI is InChI=1S/C59H66FN11O14/c1-6-59(83)37-21-43-52-35(28-70(43)54(79)36(37)30-84-56(59)81)51-42(18-17-34-31(2)38(60)22-39(69-52)50(34)51)71(29-44(61)72)55(80)41(20-33-15-11-8-12-16-33)68-49(77)27-63-45(73)23-62-46(74)24-65-53(78)40(19-32-13-9-7-10-14-32)67-48(76)26-64-47(75)25-66-57(82)85-58(3,4)5/h7-16,21-22,40-42,83H,6,17-20,23-30H2,1-5H3,(H2,61,72)(H,62,74)(H,63,73)(H,64,75)(H,65,78)(H,66,82)(H,67,76)(H,68,77)/t40-,41-,42-,59-/m0/s1. The zero-order valence-electron chi connectivity index (χ0n) is 47.4. The molecule has 10 N–H and O–H groups in total. The van der Waals surface area contributed by atoms with Crippen molar-refractivity contribution in [3.8, 4) is 11.4 Å². The van der Waals surface area contributed by atoms with Crippen LogP contribution in [0.25, 0.3) is 22.3 Å². The second-order valence-electron chi connectivity index (χ2n) is 21.8. The van der Waals surface area contributed by atoms with Crippen LogP contribution < -0.4 is 48.5 Å². The Morgan fingerprint density at radius 1 is 0.788 bits per heavy atom. The molecule has 4 heterocycles. The summed E-state index contributed by atoms with van der Waals surface area (Å²) in [6.45, 7) is 3.93. The Morgan fingerprint density at radius 2 is 1.34 bits per heavy atom. The molecule has 0 saturated carbocycles. The molecule has 448 valence electrons. The van der Waals surface area contributed by atoms with Crippen molar-refractivity contribution in [2.75, 3.05) is 39.3 Å². The molecule has 3 aromatic carbocycles. The average Bonchev–Trinajstić information content (AvgIpc) is 1.67. The number of carbonyl (C=O) groups excluding carboxylic acids is 10. The Hall–Kier alpha value is -9.59. The minimum atomic E-state index is -2.14.